The van der Waals surface area contributed by atoms with E-state index in [1.54, 1.807) is 12.1 Å². The molecule has 2 aromatic rings. The molecule has 0 aliphatic carbocycles. The van der Waals surface area contributed by atoms with Crippen LogP contribution in [0.2, 0.25) is 0 Å². The average molecular weight is 364 g/mol. The van der Waals surface area contributed by atoms with Crippen molar-refractivity contribution >= 4 is 17.2 Å². The van der Waals surface area contributed by atoms with Crippen molar-refractivity contribution in [2.45, 2.75) is 40.2 Å². The highest BCUT2D eigenvalue weighted by Crippen LogP contribution is 2.21. The molecule has 4 nitrogen and oxygen atoms in total. The molecule has 0 aliphatic rings. The molecule has 0 radical (unpaired) electrons. The summed E-state index contributed by atoms with van der Waals surface area (Å²) in [6, 6.07) is 6.68. The number of carbonyl (C=O) groups excluding carboxylic acids is 1. The van der Waals surface area contributed by atoms with E-state index in [0.717, 1.165) is 29.4 Å². The minimum Gasteiger partial charge on any atom is -0.350 e. The number of thiazole rings is 1. The van der Waals surface area contributed by atoms with Gasteiger partial charge in [0.05, 0.1) is 10.7 Å². The zero-order valence-electron chi connectivity index (χ0n) is 15.3. The van der Waals surface area contributed by atoms with Gasteiger partial charge < -0.3 is 5.32 Å². The molecule has 1 N–H and O–H groups in total. The van der Waals surface area contributed by atoms with Crippen LogP contribution in [0.5, 0.6) is 0 Å². The monoisotopic (exact) mass is 363 g/mol. The summed E-state index contributed by atoms with van der Waals surface area (Å²) in [5.41, 5.74) is 1.73. The molecule has 1 unspecified atom stereocenters. The Kier molecular flexibility index (Phi) is 7.08. The Labute approximate surface area is 153 Å². The summed E-state index contributed by atoms with van der Waals surface area (Å²) >= 11 is 1.41. The number of halogens is 1. The number of benzene rings is 1. The molecule has 0 saturated carbocycles. The molecule has 2 rings (SSSR count). The van der Waals surface area contributed by atoms with Gasteiger partial charge in [0.25, 0.3) is 5.91 Å². The van der Waals surface area contributed by atoms with Crippen LogP contribution in [-0.4, -0.2) is 41.5 Å². The standard InChI is InChI=1S/C19H26FN3OS/c1-5-23(6-2)13(3)12-21-19(24)18-14(4)22-17(25-18)11-15-7-9-16(20)10-8-15/h7-10,13H,5-6,11-12H2,1-4H3,(H,21,24). The third kappa shape index (κ3) is 5.34. The quantitative estimate of drug-likeness (QED) is 0.779. The maximum atomic E-state index is 13.0. The van der Waals surface area contributed by atoms with Crippen molar-refractivity contribution in [3.63, 3.8) is 0 Å². The molecule has 0 bridgehead atoms. The van der Waals surface area contributed by atoms with E-state index < -0.39 is 0 Å². The Hall–Kier alpha value is -1.79. The molecule has 25 heavy (non-hydrogen) atoms. The van der Waals surface area contributed by atoms with Crippen molar-refractivity contribution in [2.75, 3.05) is 19.6 Å². The normalized spacial score (nSPS) is 12.4. The van der Waals surface area contributed by atoms with Gasteiger partial charge in [-0.15, -0.1) is 11.3 Å². The third-order valence-electron chi connectivity index (χ3n) is 4.31. The molecule has 0 fully saturated rings. The summed E-state index contributed by atoms with van der Waals surface area (Å²) in [6.45, 7) is 10.8. The van der Waals surface area contributed by atoms with Gasteiger partial charge in [-0.3, -0.25) is 9.69 Å². The van der Waals surface area contributed by atoms with Gasteiger partial charge in [0.15, 0.2) is 0 Å². The van der Waals surface area contributed by atoms with Gasteiger partial charge in [-0.05, 0) is 44.6 Å². The fourth-order valence-electron chi connectivity index (χ4n) is 2.81. The van der Waals surface area contributed by atoms with Crippen LogP contribution in [0.25, 0.3) is 0 Å². The number of rotatable bonds is 8. The van der Waals surface area contributed by atoms with Crippen LogP contribution in [0, 0.1) is 12.7 Å². The molecule has 6 heteroatoms. The number of amides is 1. The largest absolute Gasteiger partial charge is 0.350 e. The summed E-state index contributed by atoms with van der Waals surface area (Å²) < 4.78 is 13.0. The van der Waals surface area contributed by atoms with Gasteiger partial charge in [-0.25, -0.2) is 9.37 Å². The summed E-state index contributed by atoms with van der Waals surface area (Å²) in [4.78, 5) is 19.9. The Balaban J connectivity index is 1.98. The average Bonchev–Trinajstić information content (AvgIpc) is 2.96. The Bertz CT molecular complexity index is 695. The predicted molar refractivity (Wildman–Crippen MR) is 101 cm³/mol. The number of aryl methyl sites for hydroxylation is 1. The number of carbonyl (C=O) groups is 1. The molecule has 1 atom stereocenters. The number of hydrogen-bond donors (Lipinski definition) is 1. The van der Waals surface area contributed by atoms with E-state index in [-0.39, 0.29) is 11.7 Å². The summed E-state index contributed by atoms with van der Waals surface area (Å²) in [5.74, 6) is -0.319. The lowest BCUT2D eigenvalue weighted by molar-refractivity contribution is 0.0941. The van der Waals surface area contributed by atoms with Crippen LogP contribution in [0.15, 0.2) is 24.3 Å². The highest BCUT2D eigenvalue weighted by Gasteiger charge is 2.17. The van der Waals surface area contributed by atoms with E-state index in [1.807, 2.05) is 6.92 Å². The number of nitrogens with one attached hydrogen (secondary N) is 1. The summed E-state index contributed by atoms with van der Waals surface area (Å²) in [6.07, 6.45) is 0.606. The lowest BCUT2D eigenvalue weighted by Gasteiger charge is -2.26. The lowest BCUT2D eigenvalue weighted by atomic mass is 10.1. The minimum atomic E-state index is -0.249. The molecule has 0 saturated heterocycles. The lowest BCUT2D eigenvalue weighted by Crippen LogP contribution is -2.41. The molecular formula is C19H26FN3OS. The van der Waals surface area contributed by atoms with Crippen molar-refractivity contribution < 1.29 is 9.18 Å². The Morgan fingerprint density at radius 1 is 1.28 bits per heavy atom. The second kappa shape index (κ2) is 9.06. The predicted octanol–water partition coefficient (Wildman–Crippen LogP) is 3.64. The summed E-state index contributed by atoms with van der Waals surface area (Å²) in [5, 5.41) is 3.88. The van der Waals surface area contributed by atoms with Crippen LogP contribution < -0.4 is 5.32 Å². The molecule has 1 aromatic heterocycles. The first-order chi connectivity index (χ1) is 11.9. The van der Waals surface area contributed by atoms with E-state index >= 15 is 0 Å². The highest BCUT2D eigenvalue weighted by molar-refractivity contribution is 7.13. The van der Waals surface area contributed by atoms with E-state index in [9.17, 15) is 9.18 Å². The smallest absolute Gasteiger partial charge is 0.263 e. The van der Waals surface area contributed by atoms with E-state index in [2.05, 4.69) is 36.0 Å². The fourth-order valence-corrected chi connectivity index (χ4v) is 3.83. The fraction of sp³-hybridized carbons (Fsp3) is 0.474. The summed E-state index contributed by atoms with van der Waals surface area (Å²) in [7, 11) is 0. The van der Waals surface area contributed by atoms with Crippen LogP contribution in [0.1, 0.15) is 46.7 Å². The Morgan fingerprint density at radius 3 is 2.52 bits per heavy atom. The first-order valence-corrected chi connectivity index (χ1v) is 9.49. The SMILES string of the molecule is CCN(CC)C(C)CNC(=O)c1sc(Cc2ccc(F)cc2)nc1C. The van der Waals surface area contributed by atoms with E-state index in [4.69, 9.17) is 0 Å². The topological polar surface area (TPSA) is 45.2 Å². The van der Waals surface area contributed by atoms with Gasteiger partial charge in [-0.1, -0.05) is 26.0 Å². The third-order valence-corrected chi connectivity index (χ3v) is 5.47. The van der Waals surface area contributed by atoms with Gasteiger partial charge in [0.2, 0.25) is 0 Å². The molecule has 0 aliphatic heterocycles. The van der Waals surface area contributed by atoms with Gasteiger partial charge >= 0.3 is 0 Å². The van der Waals surface area contributed by atoms with Crippen LogP contribution >= 0.6 is 11.3 Å². The zero-order valence-corrected chi connectivity index (χ0v) is 16.1. The van der Waals surface area contributed by atoms with Crippen molar-refractivity contribution in [1.82, 2.24) is 15.2 Å². The maximum absolute atomic E-state index is 13.0. The molecule has 136 valence electrons. The Morgan fingerprint density at radius 2 is 1.92 bits per heavy atom. The van der Waals surface area contributed by atoms with Gasteiger partial charge in [-0.2, -0.15) is 0 Å². The van der Waals surface area contributed by atoms with Gasteiger partial charge in [0.1, 0.15) is 10.7 Å². The zero-order chi connectivity index (χ0) is 18.4. The van der Waals surface area contributed by atoms with Gasteiger partial charge in [0, 0.05) is 19.0 Å². The van der Waals surface area contributed by atoms with Crippen molar-refractivity contribution in [2.24, 2.45) is 0 Å². The second-order valence-electron chi connectivity index (χ2n) is 6.11. The van der Waals surface area contributed by atoms with Crippen LogP contribution in [0.3, 0.4) is 0 Å². The van der Waals surface area contributed by atoms with E-state index in [0.29, 0.717) is 23.9 Å². The first kappa shape index (κ1) is 19.5. The maximum Gasteiger partial charge on any atom is 0.263 e. The molecule has 0 spiro atoms. The van der Waals surface area contributed by atoms with Crippen LogP contribution in [0.4, 0.5) is 4.39 Å². The number of likely N-dealkylation sites (N-methyl/N-ethyl adjacent to an activating group) is 1. The van der Waals surface area contributed by atoms with Crippen LogP contribution in [-0.2, 0) is 6.42 Å². The highest BCUT2D eigenvalue weighted by atomic mass is 32.1. The molecule has 1 amide bonds. The van der Waals surface area contributed by atoms with Crippen molar-refractivity contribution in [3.05, 3.63) is 51.2 Å². The second-order valence-corrected chi connectivity index (χ2v) is 7.19. The van der Waals surface area contributed by atoms with Crippen molar-refractivity contribution in [3.8, 4) is 0 Å². The molecular weight excluding hydrogens is 337 g/mol. The van der Waals surface area contributed by atoms with Crippen molar-refractivity contribution in [1.29, 1.82) is 0 Å². The minimum absolute atomic E-state index is 0.0700. The van der Waals surface area contributed by atoms with E-state index in [1.165, 1.54) is 23.5 Å². The first-order valence-electron chi connectivity index (χ1n) is 8.67. The molecule has 1 aromatic carbocycles. The number of hydrogen-bond acceptors (Lipinski definition) is 4. The molecule has 1 heterocycles. The number of nitrogens with zero attached hydrogens (tertiary/aromatic N) is 2. The number of aromatic nitrogens is 1.